The molecule has 7 rings (SSSR count). The van der Waals surface area contributed by atoms with Crippen LogP contribution in [0.2, 0.25) is 5.02 Å². The number of carbonyl (C=O) groups is 1. The first kappa shape index (κ1) is 35.1. The number of halogens is 2. The number of nitrogens with zero attached hydrogens (tertiary/aromatic N) is 5. The molecule has 1 aliphatic heterocycles. The maximum Gasteiger partial charge on any atom is 0.354 e. The van der Waals surface area contributed by atoms with Crippen molar-refractivity contribution in [3.05, 3.63) is 99.0 Å². The number of esters is 1. The third-order valence-corrected chi connectivity index (χ3v) is 11.1. The molecular formula is C39H42ClFN6O3S. The lowest BCUT2D eigenvalue weighted by Gasteiger charge is -2.14. The van der Waals surface area contributed by atoms with Crippen LogP contribution in [0.1, 0.15) is 50.8 Å². The monoisotopic (exact) mass is 728 g/mol. The van der Waals surface area contributed by atoms with Crippen molar-refractivity contribution in [3.8, 4) is 16.9 Å². The molecule has 4 heterocycles. The van der Waals surface area contributed by atoms with E-state index in [1.165, 1.54) is 13.2 Å². The molecule has 0 saturated carbocycles. The lowest BCUT2D eigenvalue weighted by atomic mass is 9.97. The number of rotatable bonds is 4. The van der Waals surface area contributed by atoms with E-state index in [1.54, 1.807) is 23.9 Å². The highest BCUT2D eigenvalue weighted by Gasteiger charge is 2.28. The van der Waals surface area contributed by atoms with Crippen LogP contribution in [0.15, 0.2) is 48.5 Å². The third-order valence-electron chi connectivity index (χ3n) is 9.81. The molecule has 51 heavy (non-hydrogen) atoms. The quantitative estimate of drug-likeness (QED) is 0.185. The summed E-state index contributed by atoms with van der Waals surface area (Å²) < 4.78 is 32.2. The number of benzene rings is 3. The number of aryl methyl sites for hydroxylation is 5. The minimum Gasteiger partial charge on any atom is -0.493 e. The van der Waals surface area contributed by atoms with Gasteiger partial charge in [-0.05, 0) is 99.1 Å². The van der Waals surface area contributed by atoms with Crippen LogP contribution in [0, 0.1) is 19.7 Å². The first-order chi connectivity index (χ1) is 24.7. The Bertz CT molecular complexity index is 2270. The second-order valence-corrected chi connectivity index (χ2v) is 14.5. The number of hydrogen-bond donors (Lipinski definition) is 1. The summed E-state index contributed by atoms with van der Waals surface area (Å²) in [4.78, 5) is 13.4. The summed E-state index contributed by atoms with van der Waals surface area (Å²) in [5.41, 5.74) is 9.19. The SMILES string of the molecule is CNCCn1nc2c(c1C)-c1c(Cl)ccc3c1c(C)c(C(=O)OC)n3CCCOc1cc(cc3cc(F)ccc13)CCc1cc(nn1C)CSC2. The summed E-state index contributed by atoms with van der Waals surface area (Å²) in [5, 5.41) is 16.4. The molecule has 0 spiro atoms. The number of hydrogen-bond acceptors (Lipinski definition) is 7. The van der Waals surface area contributed by atoms with E-state index in [-0.39, 0.29) is 5.82 Å². The van der Waals surface area contributed by atoms with Crippen molar-refractivity contribution in [2.24, 2.45) is 7.05 Å². The highest BCUT2D eigenvalue weighted by Crippen LogP contribution is 2.43. The Morgan fingerprint density at radius 2 is 1.92 bits per heavy atom. The van der Waals surface area contributed by atoms with Gasteiger partial charge in [-0.1, -0.05) is 17.7 Å². The van der Waals surface area contributed by atoms with Gasteiger partial charge in [-0.3, -0.25) is 9.36 Å². The zero-order valence-corrected chi connectivity index (χ0v) is 31.2. The van der Waals surface area contributed by atoms with E-state index < -0.39 is 5.97 Å². The molecule has 12 heteroatoms. The fourth-order valence-corrected chi connectivity index (χ4v) is 8.45. The van der Waals surface area contributed by atoms with Crippen molar-refractivity contribution in [1.82, 2.24) is 29.4 Å². The zero-order chi connectivity index (χ0) is 35.8. The maximum atomic E-state index is 14.4. The van der Waals surface area contributed by atoms with Gasteiger partial charge in [-0.2, -0.15) is 10.2 Å². The van der Waals surface area contributed by atoms with Crippen LogP contribution in [0.4, 0.5) is 4.39 Å². The number of fused-ring (bicyclic) bond motifs is 8. The summed E-state index contributed by atoms with van der Waals surface area (Å²) in [5.74, 6) is 1.38. The fourth-order valence-electron chi connectivity index (χ4n) is 7.35. The molecule has 0 fully saturated rings. The average Bonchev–Trinajstić information content (AvgIpc) is 3.73. The van der Waals surface area contributed by atoms with Crippen molar-refractivity contribution in [3.63, 3.8) is 0 Å². The van der Waals surface area contributed by atoms with E-state index in [0.29, 0.717) is 54.1 Å². The van der Waals surface area contributed by atoms with E-state index in [9.17, 15) is 9.18 Å². The number of carbonyl (C=O) groups excluding carboxylic acids is 1. The molecule has 0 aliphatic carbocycles. The van der Waals surface area contributed by atoms with Gasteiger partial charge in [-0.25, -0.2) is 9.18 Å². The lowest BCUT2D eigenvalue weighted by Crippen LogP contribution is -2.16. The third kappa shape index (κ3) is 6.74. The Morgan fingerprint density at radius 1 is 1.08 bits per heavy atom. The van der Waals surface area contributed by atoms with E-state index in [1.807, 2.05) is 53.1 Å². The minimum absolute atomic E-state index is 0.284. The van der Waals surface area contributed by atoms with Crippen LogP contribution in [0.3, 0.4) is 0 Å². The minimum atomic E-state index is -0.409. The number of thioether (sulfide) groups is 1. The van der Waals surface area contributed by atoms with Crippen molar-refractivity contribution in [1.29, 1.82) is 0 Å². The van der Waals surface area contributed by atoms with Crippen LogP contribution in [0.5, 0.6) is 5.75 Å². The van der Waals surface area contributed by atoms with Crippen LogP contribution >= 0.6 is 23.4 Å². The molecule has 266 valence electrons. The lowest BCUT2D eigenvalue weighted by molar-refractivity contribution is 0.0587. The average molecular weight is 729 g/mol. The molecule has 3 aromatic carbocycles. The van der Waals surface area contributed by atoms with Crippen LogP contribution in [0.25, 0.3) is 32.8 Å². The van der Waals surface area contributed by atoms with Gasteiger partial charge in [0.05, 0.1) is 31.6 Å². The van der Waals surface area contributed by atoms with Gasteiger partial charge in [0, 0.05) is 75.5 Å². The summed E-state index contributed by atoms with van der Waals surface area (Å²) in [6.45, 7) is 6.42. The molecule has 0 unspecified atom stereocenters. The molecule has 3 aromatic heterocycles. The van der Waals surface area contributed by atoms with Crippen LogP contribution in [-0.2, 0) is 49.2 Å². The Balaban J connectivity index is 1.37. The fraction of sp³-hybridized carbons (Fsp3) is 0.359. The predicted molar refractivity (Wildman–Crippen MR) is 203 cm³/mol. The second-order valence-electron chi connectivity index (χ2n) is 13.1. The number of nitrogens with one attached hydrogen (secondary N) is 1. The van der Waals surface area contributed by atoms with Crippen molar-refractivity contribution in [2.75, 3.05) is 27.3 Å². The first-order valence-corrected chi connectivity index (χ1v) is 18.8. The maximum absolute atomic E-state index is 14.4. The number of likely N-dealkylation sites (N-methyl/N-ethyl adjacent to an activating group) is 1. The molecular weight excluding hydrogens is 687 g/mol. The number of ether oxygens (including phenoxy) is 2. The van der Waals surface area contributed by atoms with E-state index in [2.05, 4.69) is 24.4 Å². The summed E-state index contributed by atoms with van der Waals surface area (Å²) in [7, 11) is 5.33. The number of aromatic nitrogens is 5. The Morgan fingerprint density at radius 3 is 2.73 bits per heavy atom. The topological polar surface area (TPSA) is 88.1 Å². The molecule has 8 bridgehead atoms. The molecule has 0 amide bonds. The Kier molecular flexibility index (Phi) is 10.1. The summed E-state index contributed by atoms with van der Waals surface area (Å²) in [6.07, 6.45) is 2.14. The highest BCUT2D eigenvalue weighted by molar-refractivity contribution is 7.97. The molecule has 1 aliphatic rings. The summed E-state index contributed by atoms with van der Waals surface area (Å²) >= 11 is 8.89. The molecule has 6 aromatic rings. The van der Waals surface area contributed by atoms with Crippen molar-refractivity contribution in [2.45, 2.75) is 57.7 Å². The van der Waals surface area contributed by atoms with Gasteiger partial charge in [0.15, 0.2) is 0 Å². The standard InChI is InChI=1S/C39H42ClFN6O3S/c1-23-35-33-12-11-31(40)37(35)36-24(2)47(15-13-42-3)44-32(36)22-51-21-28-20-29(45(4)43-28)9-7-25-17-26-19-27(41)8-10-30(26)34(18-25)50-16-6-14-46(33)38(23)39(48)49-5/h8,10-12,17-20,42H,6-7,9,13-16,21-22H2,1-5H3. The molecule has 1 N–H and O–H groups in total. The van der Waals surface area contributed by atoms with Crippen molar-refractivity contribution < 1.29 is 18.7 Å². The molecule has 0 saturated heterocycles. The zero-order valence-electron chi connectivity index (χ0n) is 29.6. The van der Waals surface area contributed by atoms with Gasteiger partial charge in [0.2, 0.25) is 0 Å². The highest BCUT2D eigenvalue weighted by atomic mass is 35.5. The molecule has 9 nitrogen and oxygen atoms in total. The largest absolute Gasteiger partial charge is 0.493 e. The molecule has 0 radical (unpaired) electrons. The predicted octanol–water partition coefficient (Wildman–Crippen LogP) is 7.81. The van der Waals surface area contributed by atoms with Gasteiger partial charge >= 0.3 is 5.97 Å². The van der Waals surface area contributed by atoms with Gasteiger partial charge < -0.3 is 19.4 Å². The van der Waals surface area contributed by atoms with Crippen molar-refractivity contribution >= 4 is 51.0 Å². The molecule has 0 atom stereocenters. The van der Waals surface area contributed by atoms with E-state index >= 15 is 0 Å². The van der Waals surface area contributed by atoms with Gasteiger partial charge in [0.25, 0.3) is 0 Å². The second kappa shape index (κ2) is 14.7. The normalized spacial score (nSPS) is 14.0. The summed E-state index contributed by atoms with van der Waals surface area (Å²) in [6, 6.07) is 15.0. The van der Waals surface area contributed by atoms with Gasteiger partial charge in [-0.15, -0.1) is 11.8 Å². The smallest absolute Gasteiger partial charge is 0.354 e. The van der Waals surface area contributed by atoms with Gasteiger partial charge in [0.1, 0.15) is 17.3 Å². The van der Waals surface area contributed by atoms with E-state index in [4.69, 9.17) is 31.3 Å². The van der Waals surface area contributed by atoms with Crippen LogP contribution in [-0.4, -0.2) is 57.4 Å². The van der Waals surface area contributed by atoms with E-state index in [0.717, 1.165) is 86.1 Å². The Labute approximate surface area is 306 Å². The first-order valence-electron chi connectivity index (χ1n) is 17.2. The number of methoxy groups -OCH3 is 1. The van der Waals surface area contributed by atoms with Crippen LogP contribution < -0.4 is 10.1 Å². The Hall–Kier alpha value is -4.32.